The standard InChI is InChI=1S/C18H22N2O3S2/c19-18(21)14-6-10-17(11-7-14)25(22,23)20-12-2-1-4-15(20)8-9-16-5-3-13-24-16/h3,5-7,10-11,13,15H,1-2,4,8-9,12H2,(H2,19,21). The molecule has 2 aromatic rings. The highest BCUT2D eigenvalue weighted by molar-refractivity contribution is 7.89. The molecule has 2 heterocycles. The van der Waals surface area contributed by atoms with Crippen molar-refractivity contribution in [1.82, 2.24) is 4.31 Å². The van der Waals surface area contributed by atoms with E-state index in [9.17, 15) is 13.2 Å². The molecule has 1 unspecified atom stereocenters. The molecule has 0 saturated carbocycles. The van der Waals surface area contributed by atoms with Crippen LogP contribution in [0.3, 0.4) is 0 Å². The zero-order valence-electron chi connectivity index (χ0n) is 13.9. The van der Waals surface area contributed by atoms with Crippen LogP contribution < -0.4 is 5.73 Å². The summed E-state index contributed by atoms with van der Waals surface area (Å²) in [5.41, 5.74) is 5.54. The topological polar surface area (TPSA) is 80.5 Å². The van der Waals surface area contributed by atoms with Gasteiger partial charge in [-0.25, -0.2) is 8.42 Å². The van der Waals surface area contributed by atoms with E-state index < -0.39 is 15.9 Å². The number of amides is 1. The number of primary amides is 1. The van der Waals surface area contributed by atoms with Crippen LogP contribution in [0.2, 0.25) is 0 Å². The molecular formula is C18H22N2O3S2. The zero-order chi connectivity index (χ0) is 17.9. The van der Waals surface area contributed by atoms with Crippen LogP contribution >= 0.6 is 11.3 Å². The third kappa shape index (κ3) is 4.11. The van der Waals surface area contributed by atoms with E-state index in [-0.39, 0.29) is 10.9 Å². The van der Waals surface area contributed by atoms with Crippen molar-refractivity contribution in [3.05, 3.63) is 52.2 Å². The molecule has 134 valence electrons. The number of sulfonamides is 1. The number of benzene rings is 1. The molecule has 3 rings (SSSR count). The van der Waals surface area contributed by atoms with Gasteiger partial charge >= 0.3 is 0 Å². The van der Waals surface area contributed by atoms with Crippen LogP contribution in [0.15, 0.2) is 46.7 Å². The number of piperidine rings is 1. The van der Waals surface area contributed by atoms with E-state index in [2.05, 4.69) is 6.07 Å². The molecule has 0 spiro atoms. The zero-order valence-corrected chi connectivity index (χ0v) is 15.6. The number of thiophene rings is 1. The van der Waals surface area contributed by atoms with E-state index in [1.54, 1.807) is 15.6 Å². The van der Waals surface area contributed by atoms with Crippen molar-refractivity contribution < 1.29 is 13.2 Å². The van der Waals surface area contributed by atoms with E-state index in [0.717, 1.165) is 32.1 Å². The summed E-state index contributed by atoms with van der Waals surface area (Å²) in [5.74, 6) is -0.559. The molecule has 1 aliphatic heterocycles. The van der Waals surface area contributed by atoms with Gasteiger partial charge in [0.25, 0.3) is 0 Å². The van der Waals surface area contributed by atoms with Gasteiger partial charge < -0.3 is 5.73 Å². The van der Waals surface area contributed by atoms with Gasteiger partial charge in [0.1, 0.15) is 0 Å². The third-order valence-corrected chi connectivity index (χ3v) is 7.52. The number of rotatable bonds is 6. The predicted octanol–water partition coefficient (Wildman–Crippen LogP) is 3.02. The lowest BCUT2D eigenvalue weighted by atomic mass is 10.0. The molecule has 1 aromatic heterocycles. The summed E-state index contributed by atoms with van der Waals surface area (Å²) >= 11 is 1.71. The minimum atomic E-state index is -3.56. The summed E-state index contributed by atoms with van der Waals surface area (Å²) in [4.78, 5) is 12.7. The molecule has 1 amide bonds. The van der Waals surface area contributed by atoms with Crippen LogP contribution in [0, 0.1) is 0 Å². The van der Waals surface area contributed by atoms with Crippen LogP contribution in [0.5, 0.6) is 0 Å². The van der Waals surface area contributed by atoms with Crippen LogP contribution in [0.1, 0.15) is 40.9 Å². The molecule has 1 aliphatic rings. The second-order valence-electron chi connectivity index (χ2n) is 6.27. The smallest absolute Gasteiger partial charge is 0.248 e. The maximum Gasteiger partial charge on any atom is 0.248 e. The van der Waals surface area contributed by atoms with E-state index in [1.165, 1.54) is 29.1 Å². The molecule has 1 saturated heterocycles. The maximum atomic E-state index is 13.1. The molecule has 0 aliphatic carbocycles. The summed E-state index contributed by atoms with van der Waals surface area (Å²) < 4.78 is 27.7. The van der Waals surface area contributed by atoms with E-state index in [0.29, 0.717) is 12.1 Å². The van der Waals surface area contributed by atoms with Gasteiger partial charge in [-0.1, -0.05) is 12.5 Å². The SMILES string of the molecule is NC(=O)c1ccc(S(=O)(=O)N2CCCCC2CCc2cccs2)cc1. The lowest BCUT2D eigenvalue weighted by Crippen LogP contribution is -2.43. The fourth-order valence-corrected chi connectivity index (χ4v) is 5.72. The molecule has 0 bridgehead atoms. The van der Waals surface area contributed by atoms with Crippen molar-refractivity contribution in [1.29, 1.82) is 0 Å². The number of nitrogens with zero attached hydrogens (tertiary/aromatic N) is 1. The van der Waals surface area contributed by atoms with Gasteiger partial charge in [0.2, 0.25) is 15.9 Å². The van der Waals surface area contributed by atoms with Gasteiger partial charge in [-0.15, -0.1) is 11.3 Å². The van der Waals surface area contributed by atoms with E-state index in [4.69, 9.17) is 5.73 Å². The van der Waals surface area contributed by atoms with Crippen molar-refractivity contribution in [2.75, 3.05) is 6.54 Å². The molecule has 7 heteroatoms. The first-order valence-electron chi connectivity index (χ1n) is 8.42. The largest absolute Gasteiger partial charge is 0.366 e. The maximum absolute atomic E-state index is 13.1. The summed E-state index contributed by atoms with van der Waals surface area (Å²) in [6.45, 7) is 0.551. The average molecular weight is 379 g/mol. The highest BCUT2D eigenvalue weighted by Gasteiger charge is 2.33. The normalized spacial score (nSPS) is 19.0. The molecule has 2 N–H and O–H groups in total. The fraction of sp³-hybridized carbons (Fsp3) is 0.389. The van der Waals surface area contributed by atoms with Gasteiger partial charge in [-0.2, -0.15) is 4.31 Å². The Morgan fingerprint density at radius 1 is 1.20 bits per heavy atom. The minimum Gasteiger partial charge on any atom is -0.366 e. The van der Waals surface area contributed by atoms with Gasteiger partial charge in [-0.05, 0) is 61.4 Å². The Bertz CT molecular complexity index is 815. The summed E-state index contributed by atoms with van der Waals surface area (Å²) in [6.07, 6.45) is 4.56. The lowest BCUT2D eigenvalue weighted by molar-refractivity contribution is 0.1000. The van der Waals surface area contributed by atoms with E-state index >= 15 is 0 Å². The summed E-state index contributed by atoms with van der Waals surface area (Å²) in [6, 6.07) is 10.0. The Morgan fingerprint density at radius 2 is 1.96 bits per heavy atom. The summed E-state index contributed by atoms with van der Waals surface area (Å²) in [5, 5.41) is 2.05. The Balaban J connectivity index is 1.78. The number of hydrogen-bond donors (Lipinski definition) is 1. The second kappa shape index (κ2) is 7.68. The van der Waals surface area contributed by atoms with Crippen LogP contribution in [-0.2, 0) is 16.4 Å². The first-order chi connectivity index (χ1) is 12.0. The van der Waals surface area contributed by atoms with Gasteiger partial charge in [-0.3, -0.25) is 4.79 Å². The van der Waals surface area contributed by atoms with Crippen LogP contribution in [0.25, 0.3) is 0 Å². The number of carbonyl (C=O) groups excluding carboxylic acids is 1. The van der Waals surface area contributed by atoms with Crippen molar-refractivity contribution in [3.8, 4) is 0 Å². The molecule has 1 aromatic carbocycles. The van der Waals surface area contributed by atoms with Crippen LogP contribution in [0.4, 0.5) is 0 Å². The predicted molar refractivity (Wildman–Crippen MR) is 99.1 cm³/mol. The quantitative estimate of drug-likeness (QED) is 0.839. The first kappa shape index (κ1) is 18.1. The average Bonchev–Trinajstić information content (AvgIpc) is 3.14. The van der Waals surface area contributed by atoms with Crippen molar-refractivity contribution in [2.45, 2.75) is 43.0 Å². The van der Waals surface area contributed by atoms with Crippen LogP contribution in [-0.4, -0.2) is 31.2 Å². The Morgan fingerprint density at radius 3 is 2.60 bits per heavy atom. The van der Waals surface area contributed by atoms with Gasteiger partial charge in [0.15, 0.2) is 0 Å². The number of aryl methyl sites for hydroxylation is 1. The Kier molecular flexibility index (Phi) is 5.56. The van der Waals surface area contributed by atoms with Crippen molar-refractivity contribution in [2.24, 2.45) is 5.73 Å². The van der Waals surface area contributed by atoms with Crippen molar-refractivity contribution >= 4 is 27.3 Å². The lowest BCUT2D eigenvalue weighted by Gasteiger charge is -2.34. The number of carbonyl (C=O) groups is 1. The van der Waals surface area contributed by atoms with Gasteiger partial charge in [0.05, 0.1) is 4.90 Å². The molecule has 1 fully saturated rings. The first-order valence-corrected chi connectivity index (χ1v) is 10.7. The molecular weight excluding hydrogens is 356 g/mol. The second-order valence-corrected chi connectivity index (χ2v) is 9.19. The highest BCUT2D eigenvalue weighted by Crippen LogP contribution is 2.28. The van der Waals surface area contributed by atoms with E-state index in [1.807, 2.05) is 11.4 Å². The molecule has 5 nitrogen and oxygen atoms in total. The fourth-order valence-electron chi connectivity index (χ4n) is 3.27. The molecule has 25 heavy (non-hydrogen) atoms. The minimum absolute atomic E-state index is 0.0247. The molecule has 1 atom stereocenters. The van der Waals surface area contributed by atoms with Crippen molar-refractivity contribution in [3.63, 3.8) is 0 Å². The third-order valence-electron chi connectivity index (χ3n) is 4.62. The Hall–Kier alpha value is -1.70. The number of hydrogen-bond acceptors (Lipinski definition) is 4. The Labute approximate surface area is 152 Å². The summed E-state index contributed by atoms with van der Waals surface area (Å²) in [7, 11) is -3.56. The monoisotopic (exact) mass is 378 g/mol. The highest BCUT2D eigenvalue weighted by atomic mass is 32.2. The number of nitrogens with two attached hydrogens (primary N) is 1. The van der Waals surface area contributed by atoms with Gasteiger partial charge in [0, 0.05) is 23.0 Å². The molecule has 0 radical (unpaired) electrons.